The largest absolute Gasteiger partial charge is 0.392 e. The Morgan fingerprint density at radius 3 is 2.57 bits per heavy atom. The van der Waals surface area contributed by atoms with Crippen LogP contribution in [0.1, 0.15) is 55.0 Å². The van der Waals surface area contributed by atoms with Crippen molar-refractivity contribution in [2.45, 2.75) is 52.4 Å². The van der Waals surface area contributed by atoms with Gasteiger partial charge in [-0.2, -0.15) is 0 Å². The highest BCUT2D eigenvalue weighted by molar-refractivity contribution is 5.83. The van der Waals surface area contributed by atoms with E-state index in [-0.39, 0.29) is 25.2 Å². The lowest BCUT2D eigenvalue weighted by Crippen LogP contribution is -2.46. The molecule has 3 rings (SSSR count). The third kappa shape index (κ3) is 3.21. The molecule has 23 heavy (non-hydrogen) atoms. The van der Waals surface area contributed by atoms with E-state index < -0.39 is 0 Å². The van der Waals surface area contributed by atoms with Crippen LogP contribution in [0.3, 0.4) is 0 Å². The van der Waals surface area contributed by atoms with Crippen molar-refractivity contribution in [3.63, 3.8) is 0 Å². The van der Waals surface area contributed by atoms with Gasteiger partial charge in [-0.25, -0.2) is 0 Å². The van der Waals surface area contributed by atoms with E-state index in [1.54, 1.807) is 0 Å². The molecule has 2 N–H and O–H groups in total. The summed E-state index contributed by atoms with van der Waals surface area (Å²) in [6.45, 7) is 6.07. The molecule has 4 nitrogen and oxygen atoms in total. The number of aliphatic hydroxyl groups is 2. The van der Waals surface area contributed by atoms with Gasteiger partial charge in [0.25, 0.3) is 0 Å². The number of ketones is 1. The average Bonchev–Trinajstić information content (AvgIpc) is 2.53. The van der Waals surface area contributed by atoms with Gasteiger partial charge < -0.3 is 10.2 Å². The third-order valence-corrected chi connectivity index (χ3v) is 5.33. The number of Topliss-reactive ketones (excluding diaryl/α,β-unsaturated/α-hetero) is 1. The van der Waals surface area contributed by atoms with E-state index in [9.17, 15) is 15.0 Å². The highest BCUT2D eigenvalue weighted by atomic mass is 16.3. The lowest BCUT2D eigenvalue weighted by atomic mass is 9.79. The van der Waals surface area contributed by atoms with Crippen LogP contribution in [0, 0.1) is 11.8 Å². The Balaban J connectivity index is 1.89. The van der Waals surface area contributed by atoms with Gasteiger partial charge in [-0.05, 0) is 41.0 Å². The number of rotatable bonds is 4. The van der Waals surface area contributed by atoms with Gasteiger partial charge in [-0.3, -0.25) is 9.69 Å². The van der Waals surface area contributed by atoms with E-state index >= 15 is 0 Å². The summed E-state index contributed by atoms with van der Waals surface area (Å²) in [6, 6.07) is 4.17. The molecule has 2 atom stereocenters. The summed E-state index contributed by atoms with van der Waals surface area (Å²) in [5, 5.41) is 19.0. The number of benzene rings is 1. The summed E-state index contributed by atoms with van der Waals surface area (Å²) in [5.41, 5.74) is 3.99. The van der Waals surface area contributed by atoms with E-state index in [0.717, 1.165) is 37.1 Å². The van der Waals surface area contributed by atoms with Crippen LogP contribution in [0.5, 0.6) is 0 Å². The fourth-order valence-corrected chi connectivity index (χ4v) is 4.17. The maximum atomic E-state index is 12.6. The molecule has 0 radical (unpaired) electrons. The van der Waals surface area contributed by atoms with Gasteiger partial charge >= 0.3 is 0 Å². The van der Waals surface area contributed by atoms with Crippen LogP contribution in [0.15, 0.2) is 12.1 Å². The Morgan fingerprint density at radius 1 is 1.22 bits per heavy atom. The van der Waals surface area contributed by atoms with Crippen molar-refractivity contribution >= 4 is 5.78 Å². The fourth-order valence-electron chi connectivity index (χ4n) is 4.17. The van der Waals surface area contributed by atoms with E-state index in [0.29, 0.717) is 18.1 Å². The van der Waals surface area contributed by atoms with Crippen LogP contribution in [-0.2, 0) is 24.4 Å². The predicted molar refractivity (Wildman–Crippen MR) is 88.9 cm³/mol. The molecule has 126 valence electrons. The summed E-state index contributed by atoms with van der Waals surface area (Å²) in [4.78, 5) is 15.0. The van der Waals surface area contributed by atoms with Gasteiger partial charge in [0.05, 0.1) is 13.2 Å². The minimum Gasteiger partial charge on any atom is -0.392 e. The monoisotopic (exact) mass is 317 g/mol. The lowest BCUT2D eigenvalue weighted by Gasteiger charge is -2.43. The smallest absolute Gasteiger partial charge is 0.139 e. The van der Waals surface area contributed by atoms with Crippen molar-refractivity contribution in [2.75, 3.05) is 13.1 Å². The highest BCUT2D eigenvalue weighted by Gasteiger charge is 2.38. The molecule has 2 heterocycles. The minimum atomic E-state index is -0.0696. The Labute approximate surface area is 138 Å². The normalized spacial score (nSPS) is 24.7. The molecule has 0 aliphatic carbocycles. The first-order valence-electron chi connectivity index (χ1n) is 8.66. The summed E-state index contributed by atoms with van der Waals surface area (Å²) < 4.78 is 0. The summed E-state index contributed by atoms with van der Waals surface area (Å²) in [7, 11) is 0. The first kappa shape index (κ1) is 16.6. The second-order valence-electron chi connectivity index (χ2n) is 7.39. The van der Waals surface area contributed by atoms with Gasteiger partial charge in [-0.15, -0.1) is 0 Å². The van der Waals surface area contributed by atoms with Crippen molar-refractivity contribution in [3.05, 3.63) is 34.4 Å². The Kier molecular flexibility index (Phi) is 4.85. The second-order valence-corrected chi connectivity index (χ2v) is 7.39. The molecule has 1 fully saturated rings. The zero-order chi connectivity index (χ0) is 16.6. The molecule has 1 saturated heterocycles. The molecule has 0 aromatic heterocycles. The maximum Gasteiger partial charge on any atom is 0.139 e. The molecule has 0 amide bonds. The van der Waals surface area contributed by atoms with Crippen molar-refractivity contribution in [1.82, 2.24) is 4.90 Å². The zero-order valence-corrected chi connectivity index (χ0v) is 14.1. The molecule has 2 aliphatic rings. The van der Waals surface area contributed by atoms with Crippen molar-refractivity contribution < 1.29 is 15.0 Å². The average molecular weight is 317 g/mol. The molecule has 4 heteroatoms. The number of aliphatic hydroxyl groups excluding tert-OH is 2. The Hall–Kier alpha value is -1.23. The zero-order valence-electron chi connectivity index (χ0n) is 14.1. The molecular weight excluding hydrogens is 290 g/mol. The number of hydrogen-bond acceptors (Lipinski definition) is 4. The second kappa shape index (κ2) is 6.71. The molecular formula is C19H27NO3. The number of carbonyl (C=O) groups is 1. The molecule has 0 saturated carbocycles. The van der Waals surface area contributed by atoms with Gasteiger partial charge in [-0.1, -0.05) is 26.0 Å². The van der Waals surface area contributed by atoms with Crippen molar-refractivity contribution in [2.24, 2.45) is 11.8 Å². The maximum absolute atomic E-state index is 12.6. The van der Waals surface area contributed by atoms with E-state index in [2.05, 4.69) is 18.7 Å². The van der Waals surface area contributed by atoms with Crippen molar-refractivity contribution in [1.29, 1.82) is 0 Å². The number of nitrogens with zero attached hydrogens (tertiary/aromatic N) is 1. The van der Waals surface area contributed by atoms with Crippen molar-refractivity contribution in [3.8, 4) is 0 Å². The first-order chi connectivity index (χ1) is 11.0. The predicted octanol–water partition coefficient (Wildman–Crippen LogP) is 2.21. The first-order valence-corrected chi connectivity index (χ1v) is 8.66. The van der Waals surface area contributed by atoms with Gasteiger partial charge in [0.15, 0.2) is 0 Å². The molecule has 0 unspecified atom stereocenters. The molecule has 0 bridgehead atoms. The lowest BCUT2D eigenvalue weighted by molar-refractivity contribution is -0.129. The standard InChI is InChI=1S/C19H27NO3/c1-12(2)5-14-9-20-4-3-13-6-15(10-21)16(11-22)7-17(13)18(20)8-19(14)23/h6-7,12,14,18,21-22H,3-5,8-11H2,1-2H3/t14-,18-/m1/s1. The van der Waals surface area contributed by atoms with E-state index in [1.807, 2.05) is 12.1 Å². The van der Waals surface area contributed by atoms with Gasteiger partial charge in [0, 0.05) is 31.5 Å². The third-order valence-electron chi connectivity index (χ3n) is 5.33. The SMILES string of the molecule is CC(C)C[C@@H]1CN2CCc3cc(CO)c(CO)cc3[C@H]2CC1=O. The summed E-state index contributed by atoms with van der Waals surface area (Å²) in [6.07, 6.45) is 2.50. The number of fused-ring (bicyclic) bond motifs is 3. The van der Waals surface area contributed by atoms with Crippen LogP contribution >= 0.6 is 0 Å². The number of carbonyl (C=O) groups excluding carboxylic acids is 1. The van der Waals surface area contributed by atoms with Gasteiger partial charge in [0.2, 0.25) is 0 Å². The van der Waals surface area contributed by atoms with E-state index in [1.165, 1.54) is 11.1 Å². The van der Waals surface area contributed by atoms with Gasteiger partial charge in [0.1, 0.15) is 5.78 Å². The Morgan fingerprint density at radius 2 is 1.91 bits per heavy atom. The topological polar surface area (TPSA) is 60.8 Å². The molecule has 1 aromatic carbocycles. The summed E-state index contributed by atoms with van der Waals surface area (Å²) in [5.74, 6) is 1.09. The van der Waals surface area contributed by atoms with Crippen LogP contribution in [-0.4, -0.2) is 34.0 Å². The molecule has 1 aromatic rings. The fraction of sp³-hybridized carbons (Fsp3) is 0.632. The number of hydrogen-bond donors (Lipinski definition) is 2. The molecule has 0 spiro atoms. The van der Waals surface area contributed by atoms with Crippen LogP contribution < -0.4 is 0 Å². The Bertz CT molecular complexity index is 597. The van der Waals surface area contributed by atoms with Crippen LogP contribution in [0.4, 0.5) is 0 Å². The minimum absolute atomic E-state index is 0.0487. The number of piperidine rings is 1. The quantitative estimate of drug-likeness (QED) is 0.894. The molecule has 2 aliphatic heterocycles. The highest BCUT2D eigenvalue weighted by Crippen LogP contribution is 2.39. The van der Waals surface area contributed by atoms with Crippen LogP contribution in [0.25, 0.3) is 0 Å². The van der Waals surface area contributed by atoms with Crippen LogP contribution in [0.2, 0.25) is 0 Å². The summed E-state index contributed by atoms with van der Waals surface area (Å²) >= 11 is 0. The van der Waals surface area contributed by atoms with E-state index in [4.69, 9.17) is 0 Å².